The van der Waals surface area contributed by atoms with Crippen LogP contribution in [-0.2, 0) is 22.5 Å². The number of rotatable bonds is 6. The van der Waals surface area contributed by atoms with Gasteiger partial charge < -0.3 is 10.1 Å². The molecule has 2 aromatic rings. The number of carbonyl (C=O) groups excluding carboxylic acids is 1. The van der Waals surface area contributed by atoms with Gasteiger partial charge in [-0.15, -0.1) is 0 Å². The molecule has 0 saturated carbocycles. The van der Waals surface area contributed by atoms with Crippen molar-refractivity contribution >= 4 is 5.91 Å². The smallest absolute Gasteiger partial charge is 0.220 e. The van der Waals surface area contributed by atoms with Crippen molar-refractivity contribution in [2.24, 2.45) is 0 Å². The molecular weight excluding hydrogens is 304 g/mol. The maximum Gasteiger partial charge on any atom is 0.220 e. The molecule has 0 spiro atoms. The molecule has 24 heavy (non-hydrogen) atoms. The molecule has 0 radical (unpaired) electrons. The molecule has 0 unspecified atom stereocenters. The third kappa shape index (κ3) is 4.83. The summed E-state index contributed by atoms with van der Waals surface area (Å²) < 4.78 is 5.68. The second-order valence-electron chi connectivity index (χ2n) is 5.94. The lowest BCUT2D eigenvalue weighted by Gasteiger charge is -2.21. The highest BCUT2D eigenvalue weighted by atomic mass is 16.5. The number of nitrogens with zero attached hydrogens (tertiary/aromatic N) is 3. The first-order valence-electron chi connectivity index (χ1n) is 8.39. The highest BCUT2D eigenvalue weighted by Gasteiger charge is 2.18. The van der Waals surface area contributed by atoms with E-state index < -0.39 is 0 Å². The monoisotopic (exact) mass is 326 g/mol. The molecule has 1 N–H and O–H groups in total. The molecule has 0 aliphatic carbocycles. The SMILES string of the molecule is O=C(CCc1cccnc1)NCc1cnc([C@H]2CCCCO2)nc1. The van der Waals surface area contributed by atoms with Gasteiger partial charge in [0.2, 0.25) is 5.91 Å². The van der Waals surface area contributed by atoms with E-state index in [4.69, 9.17) is 4.74 Å². The van der Waals surface area contributed by atoms with E-state index in [0.717, 1.165) is 42.8 Å². The molecule has 1 fully saturated rings. The Kier molecular flexibility index (Phi) is 5.85. The van der Waals surface area contributed by atoms with Crippen molar-refractivity contribution in [3.05, 3.63) is 53.9 Å². The van der Waals surface area contributed by atoms with Gasteiger partial charge in [-0.2, -0.15) is 0 Å². The van der Waals surface area contributed by atoms with Crippen molar-refractivity contribution in [3.63, 3.8) is 0 Å². The van der Waals surface area contributed by atoms with E-state index in [1.54, 1.807) is 24.8 Å². The maximum atomic E-state index is 11.9. The van der Waals surface area contributed by atoms with Crippen molar-refractivity contribution in [3.8, 4) is 0 Å². The van der Waals surface area contributed by atoms with E-state index >= 15 is 0 Å². The molecule has 2 aromatic heterocycles. The summed E-state index contributed by atoms with van der Waals surface area (Å²) in [6.07, 6.45) is 11.4. The normalized spacial score (nSPS) is 17.4. The fourth-order valence-electron chi connectivity index (χ4n) is 2.66. The Labute approximate surface area is 141 Å². The van der Waals surface area contributed by atoms with E-state index in [2.05, 4.69) is 20.3 Å². The van der Waals surface area contributed by atoms with E-state index in [9.17, 15) is 4.79 Å². The Balaban J connectivity index is 1.43. The molecule has 1 aliphatic heterocycles. The zero-order valence-electron chi connectivity index (χ0n) is 13.6. The van der Waals surface area contributed by atoms with Gasteiger partial charge in [-0.1, -0.05) is 6.07 Å². The van der Waals surface area contributed by atoms with Crippen LogP contribution in [0.2, 0.25) is 0 Å². The summed E-state index contributed by atoms with van der Waals surface area (Å²) in [6, 6.07) is 3.85. The average molecular weight is 326 g/mol. The number of amides is 1. The Hall–Kier alpha value is -2.34. The minimum atomic E-state index is 0.0125. The summed E-state index contributed by atoms with van der Waals surface area (Å²) in [5.74, 6) is 0.750. The lowest BCUT2D eigenvalue weighted by Crippen LogP contribution is -2.23. The summed E-state index contributed by atoms with van der Waals surface area (Å²) in [7, 11) is 0. The number of nitrogens with one attached hydrogen (secondary N) is 1. The first kappa shape index (κ1) is 16.5. The number of carbonyl (C=O) groups is 1. The number of aromatic nitrogens is 3. The van der Waals surface area contributed by atoms with Gasteiger partial charge in [0.15, 0.2) is 5.82 Å². The second-order valence-corrected chi connectivity index (χ2v) is 5.94. The number of pyridine rings is 1. The van der Waals surface area contributed by atoms with Crippen LogP contribution in [0.25, 0.3) is 0 Å². The van der Waals surface area contributed by atoms with Gasteiger partial charge in [0.25, 0.3) is 0 Å². The van der Waals surface area contributed by atoms with Gasteiger partial charge in [0, 0.05) is 49.9 Å². The summed E-state index contributed by atoms with van der Waals surface area (Å²) in [6.45, 7) is 1.22. The summed E-state index contributed by atoms with van der Waals surface area (Å²) in [4.78, 5) is 24.7. The fourth-order valence-corrected chi connectivity index (χ4v) is 2.66. The molecule has 3 heterocycles. The van der Waals surface area contributed by atoms with Crippen molar-refractivity contribution in [1.29, 1.82) is 0 Å². The van der Waals surface area contributed by atoms with Crippen LogP contribution in [0.4, 0.5) is 0 Å². The molecular formula is C18H22N4O2. The van der Waals surface area contributed by atoms with Gasteiger partial charge in [0.05, 0.1) is 0 Å². The molecule has 1 amide bonds. The molecule has 1 aliphatic rings. The van der Waals surface area contributed by atoms with Crippen LogP contribution in [0.3, 0.4) is 0 Å². The van der Waals surface area contributed by atoms with E-state index in [1.165, 1.54) is 0 Å². The molecule has 1 saturated heterocycles. The van der Waals surface area contributed by atoms with Crippen LogP contribution >= 0.6 is 0 Å². The van der Waals surface area contributed by atoms with E-state index in [0.29, 0.717) is 19.4 Å². The predicted molar refractivity (Wildman–Crippen MR) is 89.0 cm³/mol. The van der Waals surface area contributed by atoms with Crippen LogP contribution in [0.15, 0.2) is 36.9 Å². The minimum Gasteiger partial charge on any atom is -0.370 e. The average Bonchev–Trinajstić information content (AvgIpc) is 2.67. The lowest BCUT2D eigenvalue weighted by molar-refractivity contribution is -0.121. The van der Waals surface area contributed by atoms with Crippen LogP contribution in [-0.4, -0.2) is 27.5 Å². The first-order chi connectivity index (χ1) is 11.8. The zero-order chi connectivity index (χ0) is 16.6. The Morgan fingerprint density at radius 1 is 1.21 bits per heavy atom. The third-order valence-electron chi connectivity index (χ3n) is 4.05. The third-order valence-corrected chi connectivity index (χ3v) is 4.05. The van der Waals surface area contributed by atoms with Crippen LogP contribution in [0.1, 0.15) is 48.7 Å². The topological polar surface area (TPSA) is 77.0 Å². The molecule has 126 valence electrons. The lowest BCUT2D eigenvalue weighted by atomic mass is 10.1. The molecule has 0 bridgehead atoms. The van der Waals surface area contributed by atoms with Crippen molar-refractivity contribution in [2.75, 3.05) is 6.61 Å². The van der Waals surface area contributed by atoms with Crippen LogP contribution in [0.5, 0.6) is 0 Å². The molecule has 6 heteroatoms. The highest BCUT2D eigenvalue weighted by Crippen LogP contribution is 2.24. The van der Waals surface area contributed by atoms with Crippen molar-refractivity contribution in [1.82, 2.24) is 20.3 Å². The largest absolute Gasteiger partial charge is 0.370 e. The maximum absolute atomic E-state index is 11.9. The zero-order valence-corrected chi connectivity index (χ0v) is 13.6. The standard InChI is InChI=1S/C18H22N4O2/c23-17(7-6-14-4-3-8-19-10-14)20-11-15-12-21-18(22-13-15)16-5-1-2-9-24-16/h3-4,8,10,12-13,16H,1-2,5-7,9,11H2,(H,20,23)/t16-/m1/s1. The highest BCUT2D eigenvalue weighted by molar-refractivity contribution is 5.76. The molecule has 6 nitrogen and oxygen atoms in total. The number of ether oxygens (including phenoxy) is 1. The second kappa shape index (κ2) is 8.49. The number of hydrogen-bond acceptors (Lipinski definition) is 5. The quantitative estimate of drug-likeness (QED) is 0.882. The van der Waals surface area contributed by atoms with E-state index in [1.807, 2.05) is 12.1 Å². The van der Waals surface area contributed by atoms with Gasteiger partial charge in [0.1, 0.15) is 6.10 Å². The Morgan fingerprint density at radius 3 is 2.79 bits per heavy atom. The molecule has 3 rings (SSSR count). The van der Waals surface area contributed by atoms with Gasteiger partial charge in [-0.3, -0.25) is 9.78 Å². The van der Waals surface area contributed by atoms with Crippen molar-refractivity contribution < 1.29 is 9.53 Å². The van der Waals surface area contributed by atoms with E-state index in [-0.39, 0.29) is 12.0 Å². The fraction of sp³-hybridized carbons (Fsp3) is 0.444. The first-order valence-corrected chi connectivity index (χ1v) is 8.39. The molecule has 0 aromatic carbocycles. The minimum absolute atomic E-state index is 0.0125. The van der Waals surface area contributed by atoms with Gasteiger partial charge in [-0.05, 0) is 37.3 Å². The van der Waals surface area contributed by atoms with Crippen LogP contribution < -0.4 is 5.32 Å². The summed E-state index contributed by atoms with van der Waals surface area (Å²) >= 11 is 0. The summed E-state index contributed by atoms with van der Waals surface area (Å²) in [5.41, 5.74) is 1.96. The van der Waals surface area contributed by atoms with Crippen LogP contribution in [0, 0.1) is 0 Å². The van der Waals surface area contributed by atoms with Gasteiger partial charge >= 0.3 is 0 Å². The predicted octanol–water partition coefficient (Wildman–Crippen LogP) is 2.36. The number of hydrogen-bond donors (Lipinski definition) is 1. The summed E-state index contributed by atoms with van der Waals surface area (Å²) in [5, 5.41) is 2.90. The number of aryl methyl sites for hydroxylation is 1. The Bertz CT molecular complexity index is 640. The Morgan fingerprint density at radius 2 is 2.08 bits per heavy atom. The molecule has 1 atom stereocenters. The van der Waals surface area contributed by atoms with Crippen molar-refractivity contribution in [2.45, 2.75) is 44.8 Å². The van der Waals surface area contributed by atoms with Gasteiger partial charge in [-0.25, -0.2) is 9.97 Å².